The third-order valence-corrected chi connectivity index (χ3v) is 4.26. The highest BCUT2D eigenvalue weighted by atomic mass is 32.2. The molecule has 0 aliphatic heterocycles. The van der Waals surface area contributed by atoms with E-state index in [1.165, 1.54) is 0 Å². The van der Waals surface area contributed by atoms with E-state index in [1.807, 2.05) is 20.8 Å². The summed E-state index contributed by atoms with van der Waals surface area (Å²) >= 11 is 0. The molecular weight excluding hydrogens is 297 g/mol. The number of hydrogen-bond donors (Lipinski definition) is 2. The van der Waals surface area contributed by atoms with Gasteiger partial charge in [0.2, 0.25) is 10.0 Å². The molecule has 5 nitrogen and oxygen atoms in total. The van der Waals surface area contributed by atoms with Crippen LogP contribution in [0.2, 0.25) is 0 Å². The second-order valence-corrected chi connectivity index (χ2v) is 7.85. The second kappa shape index (κ2) is 6.53. The van der Waals surface area contributed by atoms with E-state index in [0.717, 1.165) is 24.3 Å². The van der Waals surface area contributed by atoms with Crippen molar-refractivity contribution in [2.75, 3.05) is 0 Å². The third-order valence-electron chi connectivity index (χ3n) is 2.73. The maximum Gasteiger partial charge on any atom is 0.304 e. The lowest BCUT2D eigenvalue weighted by atomic mass is 9.87. The SMILES string of the molecule is CC(C)(C)CC(CC(=O)O)NS(=O)(=O)c1ccc(F)cc1. The summed E-state index contributed by atoms with van der Waals surface area (Å²) in [7, 11) is -3.87. The highest BCUT2D eigenvalue weighted by Crippen LogP contribution is 2.23. The van der Waals surface area contributed by atoms with E-state index in [4.69, 9.17) is 5.11 Å². The Morgan fingerprint density at radius 1 is 1.29 bits per heavy atom. The van der Waals surface area contributed by atoms with Crippen molar-refractivity contribution in [1.29, 1.82) is 0 Å². The predicted molar refractivity (Wildman–Crippen MR) is 76.8 cm³/mol. The van der Waals surface area contributed by atoms with Gasteiger partial charge in [-0.2, -0.15) is 0 Å². The molecule has 1 unspecified atom stereocenters. The number of rotatable bonds is 6. The van der Waals surface area contributed by atoms with E-state index in [2.05, 4.69) is 4.72 Å². The van der Waals surface area contributed by atoms with Crippen molar-refractivity contribution in [1.82, 2.24) is 4.72 Å². The van der Waals surface area contributed by atoms with E-state index in [9.17, 15) is 17.6 Å². The number of carbonyl (C=O) groups is 1. The molecule has 0 radical (unpaired) electrons. The summed E-state index contributed by atoms with van der Waals surface area (Å²) in [6.45, 7) is 5.69. The standard InChI is InChI=1S/C14H20FNO4S/c1-14(2,3)9-11(8-13(17)18)16-21(19,20)12-6-4-10(15)5-7-12/h4-7,11,16H,8-9H2,1-3H3,(H,17,18). The molecule has 0 bridgehead atoms. The normalized spacial score (nSPS) is 13.9. The zero-order valence-electron chi connectivity index (χ0n) is 12.3. The van der Waals surface area contributed by atoms with Crippen LogP contribution in [0.25, 0.3) is 0 Å². The average Bonchev–Trinajstić information content (AvgIpc) is 2.25. The molecule has 118 valence electrons. The van der Waals surface area contributed by atoms with Gasteiger partial charge in [0.05, 0.1) is 11.3 Å². The van der Waals surface area contributed by atoms with Crippen LogP contribution in [0.15, 0.2) is 29.2 Å². The Kier molecular flexibility index (Phi) is 5.47. The third kappa shape index (κ3) is 6.22. The van der Waals surface area contributed by atoms with Gasteiger partial charge in [0.1, 0.15) is 5.82 Å². The van der Waals surface area contributed by atoms with Gasteiger partial charge in [0, 0.05) is 6.04 Å². The highest BCUT2D eigenvalue weighted by Gasteiger charge is 2.26. The van der Waals surface area contributed by atoms with E-state index < -0.39 is 27.9 Å². The molecule has 1 atom stereocenters. The summed E-state index contributed by atoms with van der Waals surface area (Å²) in [5.74, 6) is -1.61. The largest absolute Gasteiger partial charge is 0.481 e. The van der Waals surface area contributed by atoms with Gasteiger partial charge in [-0.25, -0.2) is 17.5 Å². The van der Waals surface area contributed by atoms with Gasteiger partial charge < -0.3 is 5.11 Å². The molecule has 0 saturated heterocycles. The number of hydrogen-bond acceptors (Lipinski definition) is 3. The molecule has 0 heterocycles. The summed E-state index contributed by atoms with van der Waals surface area (Å²) in [5, 5.41) is 8.90. The van der Waals surface area contributed by atoms with Crippen LogP contribution in [0.1, 0.15) is 33.6 Å². The van der Waals surface area contributed by atoms with Gasteiger partial charge in [-0.05, 0) is 36.1 Å². The summed E-state index contributed by atoms with van der Waals surface area (Å²) in [5.41, 5.74) is -0.231. The Bertz CT molecular complexity index is 590. The Balaban J connectivity index is 2.95. The number of halogens is 1. The minimum atomic E-state index is -3.87. The predicted octanol–water partition coefficient (Wildman–Crippen LogP) is 2.38. The van der Waals surface area contributed by atoms with Crippen LogP contribution in [0.4, 0.5) is 4.39 Å². The van der Waals surface area contributed by atoms with Crippen LogP contribution >= 0.6 is 0 Å². The fourth-order valence-electron chi connectivity index (χ4n) is 2.01. The van der Waals surface area contributed by atoms with Crippen LogP contribution in [0.3, 0.4) is 0 Å². The van der Waals surface area contributed by atoms with Crippen molar-refractivity contribution in [3.63, 3.8) is 0 Å². The number of carboxylic acids is 1. The lowest BCUT2D eigenvalue weighted by Crippen LogP contribution is -2.39. The highest BCUT2D eigenvalue weighted by molar-refractivity contribution is 7.89. The maximum absolute atomic E-state index is 12.8. The molecule has 0 aromatic heterocycles. The molecule has 1 aromatic rings. The van der Waals surface area contributed by atoms with E-state index in [-0.39, 0.29) is 16.7 Å². The fraction of sp³-hybridized carbons (Fsp3) is 0.500. The van der Waals surface area contributed by atoms with Crippen LogP contribution in [-0.2, 0) is 14.8 Å². The van der Waals surface area contributed by atoms with Crippen LogP contribution in [0, 0.1) is 11.2 Å². The molecule has 2 N–H and O–H groups in total. The first kappa shape index (κ1) is 17.6. The quantitative estimate of drug-likeness (QED) is 0.844. The van der Waals surface area contributed by atoms with Gasteiger partial charge in [-0.3, -0.25) is 4.79 Å². The Morgan fingerprint density at radius 3 is 2.24 bits per heavy atom. The van der Waals surface area contributed by atoms with Crippen molar-refractivity contribution in [2.45, 2.75) is 44.6 Å². The number of carboxylic acid groups (broad SMARTS) is 1. The molecule has 7 heteroatoms. The van der Waals surface area contributed by atoms with Crippen molar-refractivity contribution in [3.05, 3.63) is 30.1 Å². The van der Waals surface area contributed by atoms with Crippen molar-refractivity contribution >= 4 is 16.0 Å². The first-order valence-electron chi connectivity index (χ1n) is 6.49. The van der Waals surface area contributed by atoms with Crippen LogP contribution < -0.4 is 4.72 Å². The topological polar surface area (TPSA) is 83.5 Å². The lowest BCUT2D eigenvalue weighted by Gasteiger charge is -2.25. The smallest absolute Gasteiger partial charge is 0.304 e. The number of nitrogens with one attached hydrogen (secondary N) is 1. The van der Waals surface area contributed by atoms with Gasteiger partial charge >= 0.3 is 5.97 Å². The number of aliphatic carboxylic acids is 1. The summed E-state index contributed by atoms with van der Waals surface area (Å²) < 4.78 is 39.6. The van der Waals surface area contributed by atoms with Gasteiger partial charge in [-0.1, -0.05) is 20.8 Å². The molecule has 0 aliphatic rings. The molecule has 0 spiro atoms. The monoisotopic (exact) mass is 317 g/mol. The zero-order valence-corrected chi connectivity index (χ0v) is 13.1. The molecule has 21 heavy (non-hydrogen) atoms. The number of benzene rings is 1. The van der Waals surface area contributed by atoms with E-state index >= 15 is 0 Å². The molecule has 0 amide bonds. The fourth-order valence-corrected chi connectivity index (χ4v) is 3.24. The molecule has 1 rings (SSSR count). The molecule has 0 saturated carbocycles. The van der Waals surface area contributed by atoms with Crippen LogP contribution in [0.5, 0.6) is 0 Å². The second-order valence-electron chi connectivity index (χ2n) is 6.13. The first-order chi connectivity index (χ1) is 9.49. The number of sulfonamides is 1. The van der Waals surface area contributed by atoms with Crippen molar-refractivity contribution in [3.8, 4) is 0 Å². The summed E-state index contributed by atoms with van der Waals surface area (Å²) in [4.78, 5) is 10.8. The van der Waals surface area contributed by atoms with Gasteiger partial charge in [0.25, 0.3) is 0 Å². The minimum Gasteiger partial charge on any atom is -0.481 e. The Morgan fingerprint density at radius 2 is 1.81 bits per heavy atom. The Labute approximate surface area is 124 Å². The van der Waals surface area contributed by atoms with Crippen molar-refractivity contribution in [2.24, 2.45) is 5.41 Å². The molecular formula is C14H20FNO4S. The van der Waals surface area contributed by atoms with E-state index in [0.29, 0.717) is 6.42 Å². The summed E-state index contributed by atoms with van der Waals surface area (Å²) in [6.07, 6.45) is 0.0669. The minimum absolute atomic E-state index is 0.0896. The average molecular weight is 317 g/mol. The first-order valence-corrected chi connectivity index (χ1v) is 7.98. The van der Waals surface area contributed by atoms with Gasteiger partial charge in [-0.15, -0.1) is 0 Å². The maximum atomic E-state index is 12.8. The summed E-state index contributed by atoms with van der Waals surface area (Å²) in [6, 6.07) is 3.66. The lowest BCUT2D eigenvalue weighted by molar-refractivity contribution is -0.137. The van der Waals surface area contributed by atoms with Crippen LogP contribution in [-0.4, -0.2) is 25.5 Å². The Hall–Kier alpha value is -1.47. The van der Waals surface area contributed by atoms with Gasteiger partial charge in [0.15, 0.2) is 0 Å². The molecule has 1 aromatic carbocycles. The van der Waals surface area contributed by atoms with Crippen molar-refractivity contribution < 1.29 is 22.7 Å². The zero-order chi connectivity index (χ0) is 16.3. The molecule has 0 fully saturated rings. The van der Waals surface area contributed by atoms with E-state index in [1.54, 1.807) is 0 Å². The molecule has 0 aliphatic carbocycles.